The van der Waals surface area contributed by atoms with Crippen molar-refractivity contribution in [3.63, 3.8) is 0 Å². The molecule has 0 aliphatic rings. The predicted octanol–water partition coefficient (Wildman–Crippen LogP) is 0.655. The van der Waals surface area contributed by atoms with Crippen LogP contribution in [0.2, 0.25) is 0 Å². The van der Waals surface area contributed by atoms with Gasteiger partial charge < -0.3 is 20.1 Å². The quantitative estimate of drug-likeness (QED) is 0.492. The number of aliphatic hydroxyl groups is 3. The number of aliphatic hydroxyl groups excluding tert-OH is 1. The number of rotatable bonds is 6. The van der Waals surface area contributed by atoms with Crippen molar-refractivity contribution in [2.24, 2.45) is 0 Å². The van der Waals surface area contributed by atoms with Crippen molar-refractivity contribution in [3.05, 3.63) is 35.9 Å². The van der Waals surface area contributed by atoms with Gasteiger partial charge in [0.15, 0.2) is 6.29 Å². The summed E-state index contributed by atoms with van der Waals surface area (Å²) in [6.45, 7) is 2.10. The molecule has 4 nitrogen and oxygen atoms in total. The van der Waals surface area contributed by atoms with Crippen LogP contribution >= 0.6 is 0 Å². The van der Waals surface area contributed by atoms with E-state index >= 15 is 0 Å². The van der Waals surface area contributed by atoms with Crippen molar-refractivity contribution in [3.8, 4) is 0 Å². The van der Waals surface area contributed by atoms with Crippen LogP contribution in [-0.2, 0) is 11.3 Å². The van der Waals surface area contributed by atoms with Crippen molar-refractivity contribution in [1.29, 1.82) is 0 Å². The third kappa shape index (κ3) is 4.28. The molecule has 0 aliphatic heterocycles. The summed E-state index contributed by atoms with van der Waals surface area (Å²) in [6, 6.07) is 9.66. The first-order valence-electron chi connectivity index (χ1n) is 5.22. The second kappa shape index (κ2) is 5.96. The summed E-state index contributed by atoms with van der Waals surface area (Å²) in [5, 5.41) is 27.2. The van der Waals surface area contributed by atoms with Gasteiger partial charge in [-0.05, 0) is 12.5 Å². The molecule has 1 atom stereocenters. The highest BCUT2D eigenvalue weighted by atomic mass is 16.5. The maximum Gasteiger partial charge on any atom is 0.180 e. The molecule has 4 heteroatoms. The van der Waals surface area contributed by atoms with Crippen LogP contribution in [0.5, 0.6) is 0 Å². The second-order valence-corrected chi connectivity index (χ2v) is 4.02. The Kier molecular flexibility index (Phi) is 4.89. The molecule has 0 heterocycles. The highest BCUT2D eigenvalue weighted by molar-refractivity contribution is 5.13. The Balaban J connectivity index is 2.22. The van der Waals surface area contributed by atoms with Crippen molar-refractivity contribution >= 4 is 0 Å². The Morgan fingerprint density at radius 2 is 1.88 bits per heavy atom. The zero-order valence-electron chi connectivity index (χ0n) is 9.34. The number of hydrogen-bond donors (Lipinski definition) is 3. The Labute approximate surface area is 95.1 Å². The lowest BCUT2D eigenvalue weighted by atomic mass is 10.0. The first kappa shape index (κ1) is 13.1. The third-order valence-corrected chi connectivity index (χ3v) is 2.42. The SMILES string of the molecule is CC(O)(CCOCc1ccccc1)C(O)O. The molecular weight excluding hydrogens is 208 g/mol. The van der Waals surface area contributed by atoms with Crippen LogP contribution < -0.4 is 0 Å². The molecule has 90 valence electrons. The van der Waals surface area contributed by atoms with Crippen molar-refractivity contribution < 1.29 is 20.1 Å². The molecule has 0 fully saturated rings. The van der Waals surface area contributed by atoms with Gasteiger partial charge in [-0.25, -0.2) is 0 Å². The molecule has 0 saturated carbocycles. The van der Waals surface area contributed by atoms with Crippen molar-refractivity contribution in [2.75, 3.05) is 6.61 Å². The maximum absolute atomic E-state index is 9.51. The lowest BCUT2D eigenvalue weighted by Gasteiger charge is -2.24. The highest BCUT2D eigenvalue weighted by Crippen LogP contribution is 2.13. The Morgan fingerprint density at radius 3 is 2.44 bits per heavy atom. The van der Waals surface area contributed by atoms with Crippen LogP contribution in [0.1, 0.15) is 18.9 Å². The van der Waals surface area contributed by atoms with E-state index in [0.717, 1.165) is 5.56 Å². The summed E-state index contributed by atoms with van der Waals surface area (Å²) >= 11 is 0. The normalized spacial score (nSPS) is 15.1. The van der Waals surface area contributed by atoms with Crippen molar-refractivity contribution in [2.45, 2.75) is 31.8 Å². The molecule has 0 spiro atoms. The Bertz CT molecular complexity index is 295. The molecule has 0 amide bonds. The Morgan fingerprint density at radius 1 is 1.25 bits per heavy atom. The molecule has 3 N–H and O–H groups in total. The second-order valence-electron chi connectivity index (χ2n) is 4.02. The van der Waals surface area contributed by atoms with E-state index < -0.39 is 11.9 Å². The monoisotopic (exact) mass is 226 g/mol. The number of benzene rings is 1. The Hall–Kier alpha value is -0.940. The summed E-state index contributed by atoms with van der Waals surface area (Å²) in [5.41, 5.74) is -0.469. The molecule has 16 heavy (non-hydrogen) atoms. The van der Waals surface area contributed by atoms with Gasteiger partial charge in [-0.2, -0.15) is 0 Å². The predicted molar refractivity (Wildman–Crippen MR) is 59.6 cm³/mol. The van der Waals surface area contributed by atoms with Crippen LogP contribution in [0.3, 0.4) is 0 Å². The first-order valence-corrected chi connectivity index (χ1v) is 5.22. The van der Waals surface area contributed by atoms with Gasteiger partial charge in [-0.1, -0.05) is 30.3 Å². The largest absolute Gasteiger partial charge is 0.385 e. The fourth-order valence-corrected chi connectivity index (χ4v) is 1.17. The number of hydrogen-bond acceptors (Lipinski definition) is 4. The van der Waals surface area contributed by atoms with Gasteiger partial charge in [0.1, 0.15) is 5.60 Å². The van der Waals surface area contributed by atoms with Crippen LogP contribution in [0, 0.1) is 0 Å². The third-order valence-electron chi connectivity index (χ3n) is 2.42. The minimum atomic E-state index is -1.74. The summed E-state index contributed by atoms with van der Waals surface area (Å²) in [5.74, 6) is 0. The summed E-state index contributed by atoms with van der Waals surface area (Å²) in [7, 11) is 0. The van der Waals surface area contributed by atoms with E-state index in [1.165, 1.54) is 6.92 Å². The smallest absolute Gasteiger partial charge is 0.180 e. The van der Waals surface area contributed by atoms with Gasteiger partial charge in [0.05, 0.1) is 6.61 Å². The van der Waals surface area contributed by atoms with Crippen LogP contribution in [0.4, 0.5) is 0 Å². The summed E-state index contributed by atoms with van der Waals surface area (Å²) in [4.78, 5) is 0. The fourth-order valence-electron chi connectivity index (χ4n) is 1.17. The molecule has 1 aromatic rings. The average Bonchev–Trinajstić information content (AvgIpc) is 2.26. The van der Waals surface area contributed by atoms with Gasteiger partial charge in [0, 0.05) is 13.0 Å². The van der Waals surface area contributed by atoms with Gasteiger partial charge in [0.2, 0.25) is 0 Å². The molecule has 1 rings (SSSR count). The van der Waals surface area contributed by atoms with E-state index in [4.69, 9.17) is 14.9 Å². The van der Waals surface area contributed by atoms with Gasteiger partial charge >= 0.3 is 0 Å². The fraction of sp³-hybridized carbons (Fsp3) is 0.500. The van der Waals surface area contributed by atoms with E-state index in [9.17, 15) is 5.11 Å². The molecule has 1 unspecified atom stereocenters. The molecule has 0 aliphatic carbocycles. The zero-order chi connectivity index (χ0) is 12.0. The molecular formula is C12H18O4. The van der Waals surface area contributed by atoms with Crippen LogP contribution in [0.15, 0.2) is 30.3 Å². The van der Waals surface area contributed by atoms with Crippen LogP contribution in [-0.4, -0.2) is 33.8 Å². The lowest BCUT2D eigenvalue weighted by molar-refractivity contribution is -0.183. The summed E-state index contributed by atoms with van der Waals surface area (Å²) < 4.78 is 5.32. The molecule has 1 aromatic carbocycles. The summed E-state index contributed by atoms with van der Waals surface area (Å²) in [6.07, 6.45) is -1.56. The molecule has 0 aromatic heterocycles. The van der Waals surface area contributed by atoms with Crippen LogP contribution in [0.25, 0.3) is 0 Å². The topological polar surface area (TPSA) is 69.9 Å². The number of ether oxygens (including phenoxy) is 1. The molecule has 0 bridgehead atoms. The molecule has 0 radical (unpaired) electrons. The lowest BCUT2D eigenvalue weighted by Crippen LogP contribution is -2.40. The van der Waals surface area contributed by atoms with Crippen molar-refractivity contribution in [1.82, 2.24) is 0 Å². The standard InChI is InChI=1S/C12H18O4/c1-12(15,11(13)14)7-8-16-9-10-5-3-2-4-6-10/h2-6,11,13-15H,7-9H2,1H3. The van der Waals surface area contributed by atoms with Gasteiger partial charge in [-0.3, -0.25) is 0 Å². The van der Waals surface area contributed by atoms with E-state index in [0.29, 0.717) is 6.61 Å². The molecule has 0 saturated heterocycles. The highest BCUT2D eigenvalue weighted by Gasteiger charge is 2.27. The van der Waals surface area contributed by atoms with E-state index in [2.05, 4.69) is 0 Å². The van der Waals surface area contributed by atoms with Gasteiger partial charge in [-0.15, -0.1) is 0 Å². The van der Waals surface area contributed by atoms with E-state index in [1.54, 1.807) is 0 Å². The maximum atomic E-state index is 9.51. The average molecular weight is 226 g/mol. The first-order chi connectivity index (χ1) is 7.52. The zero-order valence-corrected chi connectivity index (χ0v) is 9.34. The minimum absolute atomic E-state index is 0.178. The van der Waals surface area contributed by atoms with Gasteiger partial charge in [0.25, 0.3) is 0 Å². The minimum Gasteiger partial charge on any atom is -0.385 e. The van der Waals surface area contributed by atoms with E-state index in [1.807, 2.05) is 30.3 Å². The van der Waals surface area contributed by atoms with E-state index in [-0.39, 0.29) is 13.0 Å².